The van der Waals surface area contributed by atoms with Gasteiger partial charge in [0.25, 0.3) is 6.43 Å². The van der Waals surface area contributed by atoms with Crippen molar-refractivity contribution in [3.63, 3.8) is 0 Å². The van der Waals surface area contributed by atoms with E-state index < -0.39 is 12.2 Å². The van der Waals surface area contributed by atoms with Crippen LogP contribution in [-0.4, -0.2) is 19.8 Å². The lowest BCUT2D eigenvalue weighted by molar-refractivity contribution is 0.137. The Hall–Kier alpha value is -1.59. The maximum absolute atomic E-state index is 12.3. The Morgan fingerprint density at radius 3 is 2.85 bits per heavy atom. The fourth-order valence-electron chi connectivity index (χ4n) is 1.07. The van der Waals surface area contributed by atoms with Gasteiger partial charge in [0.2, 0.25) is 5.82 Å². The highest BCUT2D eigenvalue weighted by Gasteiger charge is 2.16. The van der Waals surface area contributed by atoms with E-state index in [1.807, 2.05) is 0 Å². The summed E-state index contributed by atoms with van der Waals surface area (Å²) in [4.78, 5) is 0. The Balaban J connectivity index is 2.75. The Kier molecular flexibility index (Phi) is 1.68. The first-order valence-electron chi connectivity index (χ1n) is 3.65. The van der Waals surface area contributed by atoms with Gasteiger partial charge in [-0.2, -0.15) is 9.61 Å². The monoisotopic (exact) mass is 184 g/mol. The second-order valence-corrected chi connectivity index (χ2v) is 2.61. The molecule has 0 unspecified atom stereocenters. The highest BCUT2D eigenvalue weighted by Crippen LogP contribution is 2.17. The van der Waals surface area contributed by atoms with Gasteiger partial charge in [0.05, 0.1) is 0 Å². The summed E-state index contributed by atoms with van der Waals surface area (Å²) in [6.07, 6.45) is -1.21. The summed E-state index contributed by atoms with van der Waals surface area (Å²) >= 11 is 0. The van der Waals surface area contributed by atoms with Crippen molar-refractivity contribution in [1.29, 1.82) is 0 Å². The summed E-state index contributed by atoms with van der Waals surface area (Å²) in [5.74, 6) is -0.418. The topological polar surface area (TPSA) is 43.1 Å². The number of fused-ring (bicyclic) bond motifs is 1. The molecule has 2 rings (SSSR count). The Morgan fingerprint density at radius 2 is 2.15 bits per heavy atom. The van der Waals surface area contributed by atoms with Gasteiger partial charge in [-0.15, -0.1) is 10.2 Å². The molecule has 6 heteroatoms. The van der Waals surface area contributed by atoms with Crippen LogP contribution in [0.2, 0.25) is 0 Å². The van der Waals surface area contributed by atoms with E-state index in [0.717, 1.165) is 10.1 Å². The molecule has 0 spiro atoms. The summed E-state index contributed by atoms with van der Waals surface area (Å²) in [6.45, 7) is 1.76. The molecule has 0 aliphatic rings. The molecular formula is C7H6F2N4. The zero-order valence-electron chi connectivity index (χ0n) is 6.78. The van der Waals surface area contributed by atoms with Crippen molar-refractivity contribution >= 4 is 5.65 Å². The fourth-order valence-corrected chi connectivity index (χ4v) is 1.07. The molecule has 68 valence electrons. The molecule has 0 amide bonds. The van der Waals surface area contributed by atoms with Gasteiger partial charge in [0, 0.05) is 6.20 Å². The minimum Gasteiger partial charge on any atom is -0.201 e. The SMILES string of the molecule is Cc1ccnn2c(C(F)F)nnc12. The number of halogens is 2. The number of rotatable bonds is 1. The summed E-state index contributed by atoms with van der Waals surface area (Å²) in [7, 11) is 0. The molecule has 0 fully saturated rings. The highest BCUT2D eigenvalue weighted by atomic mass is 19.3. The van der Waals surface area contributed by atoms with Crippen LogP contribution >= 0.6 is 0 Å². The summed E-state index contributed by atoms with van der Waals surface area (Å²) in [5.41, 5.74) is 1.15. The average Bonchev–Trinajstić information content (AvgIpc) is 2.48. The number of aryl methyl sites for hydroxylation is 1. The van der Waals surface area contributed by atoms with Gasteiger partial charge in [-0.1, -0.05) is 0 Å². The molecule has 0 radical (unpaired) electrons. The third kappa shape index (κ3) is 1.14. The predicted octanol–water partition coefficient (Wildman–Crippen LogP) is 1.37. The van der Waals surface area contributed by atoms with Crippen LogP contribution in [0.5, 0.6) is 0 Å². The second kappa shape index (κ2) is 2.72. The fraction of sp³-hybridized carbons (Fsp3) is 0.286. The zero-order chi connectivity index (χ0) is 9.42. The van der Waals surface area contributed by atoms with Crippen LogP contribution in [0.1, 0.15) is 17.8 Å². The largest absolute Gasteiger partial charge is 0.299 e. The van der Waals surface area contributed by atoms with Crippen LogP contribution in [0.15, 0.2) is 12.3 Å². The van der Waals surface area contributed by atoms with Crippen molar-refractivity contribution in [1.82, 2.24) is 19.8 Å². The van der Waals surface area contributed by atoms with Gasteiger partial charge in [-0.3, -0.25) is 0 Å². The normalized spacial score (nSPS) is 11.4. The van der Waals surface area contributed by atoms with Crippen LogP contribution in [0, 0.1) is 6.92 Å². The molecule has 0 bridgehead atoms. The number of alkyl halides is 2. The molecule has 2 aromatic heterocycles. The van der Waals surface area contributed by atoms with Gasteiger partial charge in [-0.25, -0.2) is 8.78 Å². The van der Waals surface area contributed by atoms with Crippen LogP contribution in [-0.2, 0) is 0 Å². The molecule has 0 saturated heterocycles. The van der Waals surface area contributed by atoms with E-state index in [1.165, 1.54) is 6.20 Å². The van der Waals surface area contributed by atoms with Crippen molar-refractivity contribution in [2.24, 2.45) is 0 Å². The van der Waals surface area contributed by atoms with E-state index in [1.54, 1.807) is 13.0 Å². The first-order valence-corrected chi connectivity index (χ1v) is 3.65. The smallest absolute Gasteiger partial charge is 0.201 e. The minimum absolute atomic E-state index is 0.373. The van der Waals surface area contributed by atoms with Gasteiger partial charge < -0.3 is 0 Å². The van der Waals surface area contributed by atoms with Crippen LogP contribution in [0.3, 0.4) is 0 Å². The first kappa shape index (κ1) is 8.03. The average molecular weight is 184 g/mol. The molecule has 0 atom stereocenters. The van der Waals surface area contributed by atoms with Crippen molar-refractivity contribution in [2.75, 3.05) is 0 Å². The Morgan fingerprint density at radius 1 is 1.38 bits per heavy atom. The standard InChI is InChI=1S/C7H6F2N4/c1-4-2-3-10-13-6(4)11-12-7(13)5(8)9/h2-3,5H,1H3. The number of nitrogens with zero attached hydrogens (tertiary/aromatic N) is 4. The third-order valence-corrected chi connectivity index (χ3v) is 1.72. The number of aromatic nitrogens is 4. The maximum atomic E-state index is 12.3. The van der Waals surface area contributed by atoms with E-state index in [0.29, 0.717) is 5.65 Å². The minimum atomic E-state index is -2.65. The number of hydrogen-bond acceptors (Lipinski definition) is 3. The highest BCUT2D eigenvalue weighted by molar-refractivity contribution is 5.44. The molecule has 13 heavy (non-hydrogen) atoms. The number of hydrogen-bond donors (Lipinski definition) is 0. The molecule has 2 heterocycles. The van der Waals surface area contributed by atoms with E-state index >= 15 is 0 Å². The van der Waals surface area contributed by atoms with Gasteiger partial charge in [0.1, 0.15) is 0 Å². The molecule has 0 aromatic carbocycles. The van der Waals surface area contributed by atoms with E-state index in [9.17, 15) is 8.78 Å². The van der Waals surface area contributed by atoms with Crippen molar-refractivity contribution in [3.8, 4) is 0 Å². The van der Waals surface area contributed by atoms with E-state index in [4.69, 9.17) is 0 Å². The molecule has 0 aliphatic heterocycles. The van der Waals surface area contributed by atoms with E-state index in [-0.39, 0.29) is 0 Å². The molecular weight excluding hydrogens is 178 g/mol. The van der Waals surface area contributed by atoms with Crippen LogP contribution in [0.25, 0.3) is 5.65 Å². The third-order valence-electron chi connectivity index (χ3n) is 1.72. The molecule has 0 aliphatic carbocycles. The first-order chi connectivity index (χ1) is 6.20. The van der Waals surface area contributed by atoms with Crippen molar-refractivity contribution in [3.05, 3.63) is 23.7 Å². The molecule has 4 nitrogen and oxygen atoms in total. The lowest BCUT2D eigenvalue weighted by Gasteiger charge is -1.96. The second-order valence-electron chi connectivity index (χ2n) is 2.61. The predicted molar refractivity (Wildman–Crippen MR) is 40.5 cm³/mol. The van der Waals surface area contributed by atoms with Crippen molar-refractivity contribution < 1.29 is 8.78 Å². The molecule has 0 N–H and O–H groups in total. The summed E-state index contributed by atoms with van der Waals surface area (Å²) in [5, 5.41) is 10.7. The van der Waals surface area contributed by atoms with Gasteiger partial charge in [-0.05, 0) is 18.6 Å². The van der Waals surface area contributed by atoms with Gasteiger partial charge in [0.15, 0.2) is 5.65 Å². The quantitative estimate of drug-likeness (QED) is 0.672. The van der Waals surface area contributed by atoms with Gasteiger partial charge >= 0.3 is 0 Å². The summed E-state index contributed by atoms with van der Waals surface area (Å²) < 4.78 is 25.7. The lowest BCUT2D eigenvalue weighted by Crippen LogP contribution is -1.99. The summed E-state index contributed by atoms with van der Waals surface area (Å²) in [6, 6.07) is 1.69. The van der Waals surface area contributed by atoms with Crippen LogP contribution in [0.4, 0.5) is 8.78 Å². The Bertz CT molecular complexity index is 437. The Labute approximate surface area is 72.2 Å². The van der Waals surface area contributed by atoms with Crippen LogP contribution < -0.4 is 0 Å². The maximum Gasteiger partial charge on any atom is 0.299 e. The zero-order valence-corrected chi connectivity index (χ0v) is 6.78. The lowest BCUT2D eigenvalue weighted by atomic mass is 10.3. The van der Waals surface area contributed by atoms with E-state index in [2.05, 4.69) is 15.3 Å². The molecule has 2 aromatic rings. The van der Waals surface area contributed by atoms with Crippen molar-refractivity contribution in [2.45, 2.75) is 13.3 Å². The molecule has 0 saturated carbocycles.